The van der Waals surface area contributed by atoms with Gasteiger partial charge >= 0.3 is 12.1 Å². The van der Waals surface area contributed by atoms with Crippen LogP contribution in [0.2, 0.25) is 0 Å². The number of alkyl carbamates (subject to hydrolysis) is 1. The quantitative estimate of drug-likeness (QED) is 0.100. The first-order valence-electron chi connectivity index (χ1n) is 13.1. The molecule has 0 aliphatic heterocycles. The molecule has 0 heterocycles. The standard InChI is InChI=1S/C29H41N5O6/c1-18-14-21(35)15-19(2)22(18)16-24(26(37)39-17-20-10-7-6-8-11-20)33-25(36)23(12-9-13-32-27(30)31)34-28(38)40-29(3,4)5/h6-8,10-11,14-15,23-24,35H,9,12-13,16-17H2,1-5H3,(H,33,36)(H,34,38)(H4,30,31,32)/t23-,24+/m1/s1. The molecule has 0 saturated heterocycles. The number of carbonyl (C=O) groups is 3. The minimum Gasteiger partial charge on any atom is -0.508 e. The Labute approximate surface area is 235 Å². The second-order valence-electron chi connectivity index (χ2n) is 10.6. The van der Waals surface area contributed by atoms with Gasteiger partial charge in [-0.05, 0) is 81.8 Å². The minimum atomic E-state index is -1.07. The fraction of sp³-hybridized carbons (Fsp3) is 0.448. The van der Waals surface area contributed by atoms with Crippen LogP contribution >= 0.6 is 0 Å². The number of hydrogen-bond donors (Lipinski definition) is 6. The van der Waals surface area contributed by atoms with Crippen LogP contribution in [0.5, 0.6) is 5.75 Å². The number of ether oxygens (including phenoxy) is 2. The number of amides is 2. The summed E-state index contributed by atoms with van der Waals surface area (Å²) in [5.41, 5.74) is 7.64. The van der Waals surface area contributed by atoms with Gasteiger partial charge in [0.15, 0.2) is 5.96 Å². The maximum absolute atomic E-state index is 13.5. The van der Waals surface area contributed by atoms with Crippen LogP contribution in [0.4, 0.5) is 4.79 Å². The number of rotatable bonds is 12. The number of nitrogens with one attached hydrogen (secondary N) is 4. The molecule has 7 N–H and O–H groups in total. The van der Waals surface area contributed by atoms with Gasteiger partial charge in [-0.25, -0.2) is 9.59 Å². The molecule has 40 heavy (non-hydrogen) atoms. The molecule has 2 aromatic carbocycles. The first-order chi connectivity index (χ1) is 18.7. The fourth-order valence-electron chi connectivity index (χ4n) is 4.04. The molecule has 2 atom stereocenters. The van der Waals surface area contributed by atoms with E-state index in [0.717, 1.165) is 22.3 Å². The number of hydrogen-bond acceptors (Lipinski definition) is 7. The van der Waals surface area contributed by atoms with E-state index in [9.17, 15) is 19.5 Å². The second kappa shape index (κ2) is 14.8. The number of phenolic OH excluding ortho intramolecular Hbond substituents is 1. The van der Waals surface area contributed by atoms with Crippen LogP contribution in [0.25, 0.3) is 0 Å². The highest BCUT2D eigenvalue weighted by Crippen LogP contribution is 2.22. The Hall–Kier alpha value is -4.28. The van der Waals surface area contributed by atoms with Crippen molar-refractivity contribution in [3.05, 3.63) is 64.7 Å². The summed E-state index contributed by atoms with van der Waals surface area (Å²) in [6.07, 6.45) is -0.0793. The van der Waals surface area contributed by atoms with Crippen molar-refractivity contribution in [2.45, 2.75) is 78.2 Å². The van der Waals surface area contributed by atoms with E-state index in [4.69, 9.17) is 20.6 Å². The topological polar surface area (TPSA) is 176 Å². The first kappa shape index (κ1) is 31.9. The predicted molar refractivity (Wildman–Crippen MR) is 152 cm³/mol. The Bertz CT molecular complexity index is 1160. The van der Waals surface area contributed by atoms with E-state index in [0.29, 0.717) is 13.0 Å². The van der Waals surface area contributed by atoms with Crippen molar-refractivity contribution in [2.24, 2.45) is 5.73 Å². The Morgan fingerprint density at radius 2 is 1.65 bits per heavy atom. The molecule has 0 unspecified atom stereocenters. The zero-order valence-corrected chi connectivity index (χ0v) is 23.8. The summed E-state index contributed by atoms with van der Waals surface area (Å²) in [6, 6.07) is 10.2. The van der Waals surface area contributed by atoms with Crippen molar-refractivity contribution in [2.75, 3.05) is 6.54 Å². The second-order valence-corrected chi connectivity index (χ2v) is 10.6. The molecule has 218 valence electrons. The molecular weight excluding hydrogens is 514 g/mol. The van der Waals surface area contributed by atoms with Crippen molar-refractivity contribution < 1.29 is 29.0 Å². The summed E-state index contributed by atoms with van der Waals surface area (Å²) < 4.78 is 10.9. The van der Waals surface area contributed by atoms with E-state index in [-0.39, 0.29) is 31.2 Å². The molecule has 11 nitrogen and oxygen atoms in total. The summed E-state index contributed by atoms with van der Waals surface area (Å²) in [5, 5.41) is 25.3. The Balaban J connectivity index is 2.26. The number of phenols is 1. The van der Waals surface area contributed by atoms with Crippen LogP contribution in [0.15, 0.2) is 42.5 Å². The number of aryl methyl sites for hydroxylation is 2. The van der Waals surface area contributed by atoms with Gasteiger partial charge in [-0.3, -0.25) is 10.2 Å². The molecule has 0 radical (unpaired) electrons. The predicted octanol–water partition coefficient (Wildman–Crippen LogP) is 2.94. The molecule has 0 fully saturated rings. The molecule has 2 rings (SSSR count). The normalized spacial score (nSPS) is 12.5. The summed E-state index contributed by atoms with van der Waals surface area (Å²) in [4.78, 5) is 39.2. The fourth-order valence-corrected chi connectivity index (χ4v) is 4.04. The van der Waals surface area contributed by atoms with Gasteiger partial charge in [0.2, 0.25) is 5.91 Å². The minimum absolute atomic E-state index is 0.0237. The van der Waals surface area contributed by atoms with Gasteiger partial charge in [0.05, 0.1) is 0 Å². The largest absolute Gasteiger partial charge is 0.508 e. The summed E-state index contributed by atoms with van der Waals surface area (Å²) in [7, 11) is 0. The van der Waals surface area contributed by atoms with Crippen LogP contribution in [-0.2, 0) is 32.1 Å². The van der Waals surface area contributed by atoms with E-state index in [2.05, 4.69) is 16.0 Å². The van der Waals surface area contributed by atoms with Gasteiger partial charge in [-0.1, -0.05) is 30.3 Å². The van der Waals surface area contributed by atoms with E-state index < -0.39 is 35.7 Å². The van der Waals surface area contributed by atoms with Crippen molar-refractivity contribution in [1.29, 1.82) is 5.41 Å². The average molecular weight is 556 g/mol. The highest BCUT2D eigenvalue weighted by atomic mass is 16.6. The number of carbonyl (C=O) groups excluding carboxylic acids is 3. The van der Waals surface area contributed by atoms with Crippen LogP contribution in [0.1, 0.15) is 55.9 Å². The molecule has 0 saturated carbocycles. The lowest BCUT2D eigenvalue weighted by Gasteiger charge is -2.25. The maximum Gasteiger partial charge on any atom is 0.408 e. The lowest BCUT2D eigenvalue weighted by Crippen LogP contribution is -2.53. The Morgan fingerprint density at radius 3 is 2.23 bits per heavy atom. The number of esters is 1. The van der Waals surface area contributed by atoms with Gasteiger partial charge < -0.3 is 36.3 Å². The molecule has 0 spiro atoms. The zero-order valence-electron chi connectivity index (χ0n) is 23.8. The Morgan fingerprint density at radius 1 is 1.02 bits per heavy atom. The highest BCUT2D eigenvalue weighted by molar-refractivity contribution is 5.90. The van der Waals surface area contributed by atoms with Crippen molar-refractivity contribution in [1.82, 2.24) is 16.0 Å². The number of guanidine groups is 1. The van der Waals surface area contributed by atoms with Crippen LogP contribution in [0, 0.1) is 19.3 Å². The van der Waals surface area contributed by atoms with Gasteiger partial charge in [0.25, 0.3) is 0 Å². The zero-order chi connectivity index (χ0) is 29.9. The van der Waals surface area contributed by atoms with E-state index >= 15 is 0 Å². The van der Waals surface area contributed by atoms with Crippen LogP contribution in [-0.4, -0.2) is 53.3 Å². The van der Waals surface area contributed by atoms with Gasteiger partial charge in [-0.2, -0.15) is 0 Å². The smallest absolute Gasteiger partial charge is 0.408 e. The number of benzene rings is 2. The molecule has 0 bridgehead atoms. The lowest BCUT2D eigenvalue weighted by atomic mass is 9.95. The molecule has 11 heteroatoms. The van der Waals surface area contributed by atoms with Gasteiger partial charge in [0.1, 0.15) is 30.0 Å². The van der Waals surface area contributed by atoms with Gasteiger partial charge in [0, 0.05) is 13.0 Å². The van der Waals surface area contributed by atoms with Crippen molar-refractivity contribution >= 4 is 23.9 Å². The number of aromatic hydroxyl groups is 1. The summed E-state index contributed by atoms with van der Waals surface area (Å²) in [5.74, 6) is -1.34. The average Bonchev–Trinajstić information content (AvgIpc) is 2.85. The third kappa shape index (κ3) is 11.2. The first-order valence-corrected chi connectivity index (χ1v) is 13.1. The van der Waals surface area contributed by atoms with E-state index in [1.54, 1.807) is 32.9 Å². The number of nitrogens with two attached hydrogens (primary N) is 1. The third-order valence-corrected chi connectivity index (χ3v) is 5.91. The van der Waals surface area contributed by atoms with Crippen molar-refractivity contribution in [3.8, 4) is 5.75 Å². The lowest BCUT2D eigenvalue weighted by molar-refractivity contribution is -0.149. The van der Waals surface area contributed by atoms with Crippen LogP contribution < -0.4 is 21.7 Å². The Kier molecular flexibility index (Phi) is 11.8. The molecular formula is C29H41N5O6. The molecule has 0 aliphatic carbocycles. The van der Waals surface area contributed by atoms with E-state index in [1.807, 2.05) is 44.2 Å². The van der Waals surface area contributed by atoms with Gasteiger partial charge in [-0.15, -0.1) is 0 Å². The monoisotopic (exact) mass is 555 g/mol. The molecule has 2 aromatic rings. The summed E-state index contributed by atoms with van der Waals surface area (Å²) >= 11 is 0. The molecule has 2 amide bonds. The highest BCUT2D eigenvalue weighted by Gasteiger charge is 2.30. The molecule has 0 aromatic heterocycles. The maximum atomic E-state index is 13.5. The van der Waals surface area contributed by atoms with E-state index in [1.165, 1.54) is 0 Å². The van der Waals surface area contributed by atoms with Crippen molar-refractivity contribution in [3.63, 3.8) is 0 Å². The third-order valence-electron chi connectivity index (χ3n) is 5.91. The molecule has 0 aliphatic rings. The van der Waals surface area contributed by atoms with Crippen LogP contribution in [0.3, 0.4) is 0 Å². The summed E-state index contributed by atoms with van der Waals surface area (Å²) in [6.45, 7) is 9.08. The SMILES string of the molecule is Cc1cc(O)cc(C)c1C[C@H](NC(=O)[C@@H](CCCNC(=N)N)NC(=O)OC(C)(C)C)C(=O)OCc1ccccc1.